The third-order valence-corrected chi connectivity index (χ3v) is 6.64. The van der Waals surface area contributed by atoms with Gasteiger partial charge in [-0.2, -0.15) is 0 Å². The maximum absolute atomic E-state index is 13.0. The van der Waals surface area contributed by atoms with Gasteiger partial charge in [-0.3, -0.25) is 0 Å². The fourth-order valence-electron chi connectivity index (χ4n) is 3.68. The van der Waals surface area contributed by atoms with E-state index in [1.807, 2.05) is 60.7 Å². The van der Waals surface area contributed by atoms with Crippen LogP contribution in [0.15, 0.2) is 71.6 Å². The Morgan fingerprint density at radius 1 is 0.833 bits per heavy atom. The van der Waals surface area contributed by atoms with Crippen LogP contribution >= 0.6 is 24.8 Å². The molecule has 4 rings (SSSR count). The Kier molecular flexibility index (Phi) is 8.94. The molecule has 0 spiro atoms. The van der Waals surface area contributed by atoms with Crippen molar-refractivity contribution in [3.8, 4) is 0 Å². The van der Waals surface area contributed by atoms with Crippen LogP contribution in [0.4, 0.5) is 5.69 Å². The van der Waals surface area contributed by atoms with E-state index in [0.717, 1.165) is 48.0 Å². The maximum atomic E-state index is 13.0. The van der Waals surface area contributed by atoms with Crippen LogP contribution in [0.3, 0.4) is 0 Å². The monoisotopic (exact) mass is 467 g/mol. The number of benzene rings is 3. The summed E-state index contributed by atoms with van der Waals surface area (Å²) in [5, 5.41) is 8.64. The molecule has 0 radical (unpaired) electrons. The molecule has 3 aromatic rings. The molecule has 0 saturated carbocycles. The Morgan fingerprint density at radius 2 is 1.50 bits per heavy atom. The Labute approximate surface area is 190 Å². The highest BCUT2D eigenvalue weighted by atomic mass is 35.5. The van der Waals surface area contributed by atoms with Gasteiger partial charge in [-0.15, -0.1) is 24.8 Å². The Morgan fingerprint density at radius 3 is 2.23 bits per heavy atom. The minimum atomic E-state index is -3.62. The topological polar surface area (TPSA) is 70.2 Å². The summed E-state index contributed by atoms with van der Waals surface area (Å²) in [6.07, 6.45) is 2.13. The molecule has 1 aliphatic heterocycles. The number of rotatable bonds is 6. The van der Waals surface area contributed by atoms with Crippen molar-refractivity contribution in [1.29, 1.82) is 0 Å². The molecule has 5 nitrogen and oxygen atoms in total. The molecule has 1 saturated heterocycles. The summed E-state index contributed by atoms with van der Waals surface area (Å²) in [4.78, 5) is 0.315. The van der Waals surface area contributed by atoms with Gasteiger partial charge in [-0.1, -0.05) is 54.6 Å². The summed E-state index contributed by atoms with van der Waals surface area (Å²) >= 11 is 0. The van der Waals surface area contributed by atoms with Crippen LogP contribution in [0.1, 0.15) is 18.4 Å². The first-order valence-electron chi connectivity index (χ1n) is 9.66. The SMILES string of the molecule is Cl.Cl.O=S(=O)(NCc1ccccc1)c1cccc2c(NC3CCNCC3)cccc12. The summed E-state index contributed by atoms with van der Waals surface area (Å²) < 4.78 is 28.7. The van der Waals surface area contributed by atoms with Crippen molar-refractivity contribution < 1.29 is 8.42 Å². The van der Waals surface area contributed by atoms with Crippen molar-refractivity contribution in [2.45, 2.75) is 30.3 Å². The van der Waals surface area contributed by atoms with E-state index in [1.54, 1.807) is 6.07 Å². The average Bonchev–Trinajstić information content (AvgIpc) is 2.74. The van der Waals surface area contributed by atoms with E-state index >= 15 is 0 Å². The number of sulfonamides is 1. The predicted octanol–water partition coefficient (Wildman–Crippen LogP) is 4.33. The quantitative estimate of drug-likeness (QED) is 0.504. The molecular weight excluding hydrogens is 441 g/mol. The number of nitrogens with one attached hydrogen (secondary N) is 3. The van der Waals surface area contributed by atoms with Crippen LogP contribution in [-0.4, -0.2) is 27.5 Å². The van der Waals surface area contributed by atoms with E-state index in [9.17, 15) is 8.42 Å². The van der Waals surface area contributed by atoms with Crippen LogP contribution in [0.2, 0.25) is 0 Å². The molecule has 0 aromatic heterocycles. The Balaban J connectivity index is 0.00000160. The van der Waals surface area contributed by atoms with Gasteiger partial charge in [-0.05, 0) is 43.6 Å². The minimum absolute atomic E-state index is 0. The van der Waals surface area contributed by atoms with Crippen LogP contribution < -0.4 is 15.4 Å². The molecule has 1 fully saturated rings. The van der Waals surface area contributed by atoms with Crippen molar-refractivity contribution in [2.75, 3.05) is 18.4 Å². The standard InChI is InChI=1S/C22H25N3O2S.2ClH/c26-28(27,24-16-17-6-2-1-3-7-17)22-11-5-8-19-20(22)9-4-10-21(19)25-18-12-14-23-15-13-18;;/h1-11,18,23-25H,12-16H2;2*1H. The first-order valence-corrected chi connectivity index (χ1v) is 11.1. The van der Waals surface area contributed by atoms with Crippen molar-refractivity contribution in [3.63, 3.8) is 0 Å². The van der Waals surface area contributed by atoms with Gasteiger partial charge in [0.15, 0.2) is 0 Å². The Hall–Kier alpha value is -1.83. The van der Waals surface area contributed by atoms with Gasteiger partial charge in [0.1, 0.15) is 0 Å². The van der Waals surface area contributed by atoms with Crippen molar-refractivity contribution >= 4 is 51.3 Å². The molecular formula is C22H27Cl2N3O2S. The molecule has 1 heterocycles. The molecule has 30 heavy (non-hydrogen) atoms. The first-order chi connectivity index (χ1) is 13.6. The summed E-state index contributed by atoms with van der Waals surface area (Å²) in [6.45, 7) is 2.28. The summed E-state index contributed by atoms with van der Waals surface area (Å²) in [7, 11) is -3.62. The molecule has 0 bridgehead atoms. The lowest BCUT2D eigenvalue weighted by molar-refractivity contribution is 0.479. The van der Waals surface area contributed by atoms with Crippen molar-refractivity contribution in [3.05, 3.63) is 72.3 Å². The molecule has 162 valence electrons. The second-order valence-corrected chi connectivity index (χ2v) is 8.87. The molecule has 0 unspecified atom stereocenters. The van der Waals surface area contributed by atoms with E-state index < -0.39 is 10.0 Å². The summed E-state index contributed by atoms with van der Waals surface area (Å²) in [6, 6.07) is 21.2. The molecule has 0 aliphatic carbocycles. The fourth-order valence-corrected chi connectivity index (χ4v) is 4.92. The van der Waals surface area contributed by atoms with Gasteiger partial charge in [0.25, 0.3) is 0 Å². The highest BCUT2D eigenvalue weighted by molar-refractivity contribution is 7.89. The summed E-state index contributed by atoms with van der Waals surface area (Å²) in [5.41, 5.74) is 1.92. The third kappa shape index (κ3) is 5.65. The zero-order chi connectivity index (χ0) is 19.4. The number of anilines is 1. The smallest absolute Gasteiger partial charge is 0.241 e. The number of piperidine rings is 1. The van der Waals surface area contributed by atoms with Gasteiger partial charge in [0.2, 0.25) is 10.0 Å². The number of halogens is 2. The average molecular weight is 468 g/mol. The van der Waals surface area contributed by atoms with Gasteiger partial charge >= 0.3 is 0 Å². The van der Waals surface area contributed by atoms with E-state index in [0.29, 0.717) is 10.9 Å². The lowest BCUT2D eigenvalue weighted by Gasteiger charge is -2.25. The molecule has 3 aromatic carbocycles. The third-order valence-electron chi connectivity index (χ3n) is 5.18. The zero-order valence-electron chi connectivity index (χ0n) is 16.5. The second kappa shape index (κ2) is 11.0. The normalized spacial score (nSPS) is 14.5. The number of hydrogen-bond acceptors (Lipinski definition) is 4. The van der Waals surface area contributed by atoms with E-state index in [1.165, 1.54) is 0 Å². The minimum Gasteiger partial charge on any atom is -0.382 e. The van der Waals surface area contributed by atoms with E-state index in [-0.39, 0.29) is 31.4 Å². The largest absolute Gasteiger partial charge is 0.382 e. The van der Waals surface area contributed by atoms with E-state index in [2.05, 4.69) is 15.4 Å². The van der Waals surface area contributed by atoms with Crippen LogP contribution in [0.5, 0.6) is 0 Å². The maximum Gasteiger partial charge on any atom is 0.241 e. The second-order valence-electron chi connectivity index (χ2n) is 7.14. The van der Waals surface area contributed by atoms with E-state index in [4.69, 9.17) is 0 Å². The number of fused-ring (bicyclic) bond motifs is 1. The Bertz CT molecular complexity index is 1060. The predicted molar refractivity (Wildman–Crippen MR) is 128 cm³/mol. The van der Waals surface area contributed by atoms with Crippen LogP contribution in [0.25, 0.3) is 10.8 Å². The lowest BCUT2D eigenvalue weighted by atomic mass is 10.0. The van der Waals surface area contributed by atoms with Gasteiger partial charge < -0.3 is 10.6 Å². The van der Waals surface area contributed by atoms with Crippen molar-refractivity contribution in [2.24, 2.45) is 0 Å². The highest BCUT2D eigenvalue weighted by Crippen LogP contribution is 2.30. The summed E-state index contributed by atoms with van der Waals surface area (Å²) in [5.74, 6) is 0. The van der Waals surface area contributed by atoms with Gasteiger partial charge in [-0.25, -0.2) is 13.1 Å². The highest BCUT2D eigenvalue weighted by Gasteiger charge is 2.19. The molecule has 8 heteroatoms. The molecule has 1 aliphatic rings. The van der Waals surface area contributed by atoms with Gasteiger partial charge in [0, 0.05) is 29.0 Å². The molecule has 3 N–H and O–H groups in total. The lowest BCUT2D eigenvalue weighted by Crippen LogP contribution is -2.35. The zero-order valence-corrected chi connectivity index (χ0v) is 19.0. The number of hydrogen-bond donors (Lipinski definition) is 3. The van der Waals surface area contributed by atoms with Crippen LogP contribution in [0, 0.1) is 0 Å². The molecule has 0 amide bonds. The van der Waals surface area contributed by atoms with Crippen LogP contribution in [-0.2, 0) is 16.6 Å². The fraction of sp³-hybridized carbons (Fsp3) is 0.273. The first kappa shape index (κ1) is 24.4. The van der Waals surface area contributed by atoms with Gasteiger partial charge in [0.05, 0.1) is 4.90 Å². The molecule has 0 atom stereocenters. The van der Waals surface area contributed by atoms with Crippen molar-refractivity contribution in [1.82, 2.24) is 10.0 Å².